The van der Waals surface area contributed by atoms with Crippen LogP contribution >= 0.6 is 0 Å². The molecule has 0 atom stereocenters. The molecule has 1 aliphatic rings. The van der Waals surface area contributed by atoms with Crippen molar-refractivity contribution >= 4 is 34.1 Å². The Labute approximate surface area is 218 Å². The SMILES string of the molecule is [2H]c1c([2H])c(Oc2ccnc3cc(OC)c(OC)cc23)c([2H])c([2H])c1NC(=O)C1(C(=O)Nc2ccc(F)cc2)CC1. The van der Waals surface area contributed by atoms with Gasteiger partial charge in [0.15, 0.2) is 11.5 Å². The first-order valence-corrected chi connectivity index (χ1v) is 11.3. The number of hydrogen-bond donors (Lipinski definition) is 2. The fourth-order valence-electron chi connectivity index (χ4n) is 3.76. The van der Waals surface area contributed by atoms with Crippen LogP contribution in [0.5, 0.6) is 23.0 Å². The van der Waals surface area contributed by atoms with Crippen LogP contribution in [0.2, 0.25) is 0 Å². The molecule has 0 spiro atoms. The second-order valence-electron chi connectivity index (χ2n) is 8.34. The molecule has 2 N–H and O–H groups in total. The van der Waals surface area contributed by atoms with Gasteiger partial charge in [0, 0.05) is 29.0 Å². The normalized spacial score (nSPS) is 15.0. The molecule has 1 heterocycles. The number of anilines is 2. The van der Waals surface area contributed by atoms with Crippen molar-refractivity contribution in [1.82, 2.24) is 4.98 Å². The van der Waals surface area contributed by atoms with Crippen molar-refractivity contribution in [3.05, 3.63) is 78.6 Å². The number of nitrogens with zero attached hydrogens (tertiary/aromatic N) is 1. The largest absolute Gasteiger partial charge is 0.493 e. The highest BCUT2D eigenvalue weighted by Crippen LogP contribution is 2.47. The number of ether oxygens (including phenoxy) is 3. The molecule has 8 nitrogen and oxygen atoms in total. The number of fused-ring (bicyclic) bond motifs is 1. The van der Waals surface area contributed by atoms with E-state index in [9.17, 15) is 14.0 Å². The van der Waals surface area contributed by atoms with Gasteiger partial charge >= 0.3 is 0 Å². The number of aromatic nitrogens is 1. The molecule has 188 valence electrons. The van der Waals surface area contributed by atoms with E-state index in [1.807, 2.05) is 0 Å². The van der Waals surface area contributed by atoms with Gasteiger partial charge in [-0.3, -0.25) is 14.6 Å². The molecule has 1 fully saturated rings. The summed E-state index contributed by atoms with van der Waals surface area (Å²) in [6.45, 7) is 0. The lowest BCUT2D eigenvalue weighted by Gasteiger charge is -2.16. The third kappa shape index (κ3) is 4.88. The number of nitrogens with one attached hydrogen (secondary N) is 2. The van der Waals surface area contributed by atoms with Gasteiger partial charge in [-0.2, -0.15) is 0 Å². The van der Waals surface area contributed by atoms with Crippen LogP contribution in [0.15, 0.2) is 72.8 Å². The first-order valence-electron chi connectivity index (χ1n) is 13.3. The number of carbonyl (C=O) groups is 2. The van der Waals surface area contributed by atoms with E-state index in [0.29, 0.717) is 28.1 Å². The number of benzene rings is 3. The smallest absolute Gasteiger partial charge is 0.240 e. The number of methoxy groups -OCH3 is 2. The van der Waals surface area contributed by atoms with Gasteiger partial charge in [0.1, 0.15) is 22.7 Å². The quantitative estimate of drug-likeness (QED) is 0.305. The van der Waals surface area contributed by atoms with Gasteiger partial charge in [0.25, 0.3) is 0 Å². The van der Waals surface area contributed by atoms with E-state index in [4.69, 9.17) is 19.7 Å². The average Bonchev–Trinajstić information content (AvgIpc) is 3.79. The highest BCUT2D eigenvalue weighted by Gasteiger charge is 2.56. The zero-order chi connectivity index (χ0) is 29.5. The molecule has 0 unspecified atom stereocenters. The molecular weight excluding hydrogens is 477 g/mol. The summed E-state index contributed by atoms with van der Waals surface area (Å²) in [6, 6.07) is 7.65. The molecule has 1 aromatic heterocycles. The maximum absolute atomic E-state index is 13.2. The van der Waals surface area contributed by atoms with Crippen molar-refractivity contribution in [2.24, 2.45) is 5.41 Å². The van der Waals surface area contributed by atoms with Crippen LogP contribution < -0.4 is 24.8 Å². The molecular formula is C28H24FN3O5. The zero-order valence-corrected chi connectivity index (χ0v) is 19.9. The molecule has 9 heteroatoms. The van der Waals surface area contributed by atoms with Gasteiger partial charge in [-0.05, 0) is 73.4 Å². The lowest BCUT2D eigenvalue weighted by atomic mass is 10.0. The minimum atomic E-state index is -1.46. The summed E-state index contributed by atoms with van der Waals surface area (Å²) in [6.07, 6.45) is 1.90. The first kappa shape index (κ1) is 19.5. The topological polar surface area (TPSA) is 98.8 Å². The Morgan fingerprint density at radius 1 is 0.892 bits per heavy atom. The lowest BCUT2D eigenvalue weighted by Crippen LogP contribution is -2.35. The van der Waals surface area contributed by atoms with Crippen LogP contribution in [0.4, 0.5) is 15.8 Å². The molecule has 0 aliphatic heterocycles. The highest BCUT2D eigenvalue weighted by molar-refractivity contribution is 6.16. The summed E-state index contributed by atoms with van der Waals surface area (Å²) < 4.78 is 63.7. The third-order valence-corrected chi connectivity index (χ3v) is 5.98. The average molecular weight is 506 g/mol. The molecule has 2 amide bonds. The lowest BCUT2D eigenvalue weighted by molar-refractivity contribution is -0.131. The van der Waals surface area contributed by atoms with E-state index < -0.39 is 47.2 Å². The summed E-state index contributed by atoms with van der Waals surface area (Å²) in [7, 11) is 2.95. The third-order valence-electron chi connectivity index (χ3n) is 5.98. The Morgan fingerprint density at radius 3 is 2.14 bits per heavy atom. The molecule has 5 rings (SSSR count). The van der Waals surface area contributed by atoms with E-state index in [1.165, 1.54) is 50.7 Å². The second-order valence-corrected chi connectivity index (χ2v) is 8.34. The number of rotatable bonds is 8. The predicted molar refractivity (Wildman–Crippen MR) is 137 cm³/mol. The van der Waals surface area contributed by atoms with Crippen LogP contribution in [0.3, 0.4) is 0 Å². The minimum Gasteiger partial charge on any atom is -0.493 e. The summed E-state index contributed by atoms with van der Waals surface area (Å²) in [5.41, 5.74) is -1.05. The molecule has 4 aromatic rings. The Bertz CT molecular complexity index is 1670. The molecule has 1 aliphatic carbocycles. The maximum atomic E-state index is 13.2. The summed E-state index contributed by atoms with van der Waals surface area (Å²) in [4.78, 5) is 30.3. The number of halogens is 1. The summed E-state index contributed by atoms with van der Waals surface area (Å²) >= 11 is 0. The fraction of sp³-hybridized carbons (Fsp3) is 0.179. The van der Waals surface area contributed by atoms with Crippen LogP contribution in [0, 0.1) is 11.2 Å². The predicted octanol–water partition coefficient (Wildman–Crippen LogP) is 5.54. The minimum absolute atomic E-state index is 0.197. The molecule has 0 saturated heterocycles. The molecule has 0 bridgehead atoms. The Kier molecular flexibility index (Phi) is 5.15. The number of hydrogen-bond acceptors (Lipinski definition) is 6. The van der Waals surface area contributed by atoms with Gasteiger partial charge in [0.2, 0.25) is 11.8 Å². The fourth-order valence-corrected chi connectivity index (χ4v) is 3.76. The second kappa shape index (κ2) is 9.77. The number of carbonyl (C=O) groups excluding carboxylic acids is 2. The maximum Gasteiger partial charge on any atom is 0.240 e. The van der Waals surface area contributed by atoms with Gasteiger partial charge in [-0.25, -0.2) is 4.39 Å². The van der Waals surface area contributed by atoms with Crippen molar-refractivity contribution in [3.8, 4) is 23.0 Å². The monoisotopic (exact) mass is 505 g/mol. The van der Waals surface area contributed by atoms with E-state index in [1.54, 1.807) is 12.1 Å². The Hall–Kier alpha value is -4.66. The van der Waals surface area contributed by atoms with E-state index >= 15 is 0 Å². The van der Waals surface area contributed by atoms with Crippen LogP contribution in [0.25, 0.3) is 10.9 Å². The Morgan fingerprint density at radius 2 is 1.51 bits per heavy atom. The number of pyridine rings is 1. The van der Waals surface area contributed by atoms with E-state index in [-0.39, 0.29) is 30.0 Å². The van der Waals surface area contributed by atoms with Crippen molar-refractivity contribution in [3.63, 3.8) is 0 Å². The first-order chi connectivity index (χ1) is 19.6. The molecule has 37 heavy (non-hydrogen) atoms. The van der Waals surface area contributed by atoms with E-state index in [0.717, 1.165) is 0 Å². The van der Waals surface area contributed by atoms with Crippen LogP contribution in [0.1, 0.15) is 18.3 Å². The summed E-state index contributed by atoms with van der Waals surface area (Å²) in [5, 5.41) is 5.47. The van der Waals surface area contributed by atoms with E-state index in [2.05, 4.69) is 15.6 Å². The molecule has 3 aromatic carbocycles. The van der Waals surface area contributed by atoms with Crippen molar-refractivity contribution < 1.29 is 33.7 Å². The summed E-state index contributed by atoms with van der Waals surface area (Å²) in [5.74, 6) is -1.20. The van der Waals surface area contributed by atoms with Gasteiger partial charge < -0.3 is 24.8 Å². The van der Waals surface area contributed by atoms with Crippen molar-refractivity contribution in [2.45, 2.75) is 12.8 Å². The van der Waals surface area contributed by atoms with Gasteiger partial charge in [-0.15, -0.1) is 0 Å². The molecule has 1 saturated carbocycles. The van der Waals surface area contributed by atoms with Gasteiger partial charge in [-0.1, -0.05) is 0 Å². The number of amides is 2. The Balaban J connectivity index is 1.43. The van der Waals surface area contributed by atoms with Crippen LogP contribution in [-0.2, 0) is 9.59 Å². The standard InChI is InChI=1S/C28H24FN3O5/c1-35-24-15-21-22(16-25(24)36-2)30-14-11-23(21)37-20-9-7-19(8-10-20)32-27(34)28(12-13-28)26(33)31-18-5-3-17(29)4-6-18/h3-11,14-16H,12-13H2,1-2H3,(H,31,33)(H,32,34)/i7D,8D,9D,10D. The highest BCUT2D eigenvalue weighted by atomic mass is 19.1. The van der Waals surface area contributed by atoms with Crippen molar-refractivity contribution in [2.75, 3.05) is 24.9 Å². The molecule has 0 radical (unpaired) electrons. The van der Waals surface area contributed by atoms with Crippen LogP contribution in [-0.4, -0.2) is 31.0 Å². The van der Waals surface area contributed by atoms with Crippen molar-refractivity contribution in [1.29, 1.82) is 0 Å². The zero-order valence-electron chi connectivity index (χ0n) is 23.9. The van der Waals surface area contributed by atoms with Gasteiger partial charge in [0.05, 0.1) is 25.2 Å².